The summed E-state index contributed by atoms with van der Waals surface area (Å²) in [6, 6.07) is 0. The molecule has 0 aliphatic carbocycles. The zero-order chi connectivity index (χ0) is 9.12. The molecule has 0 unspecified atom stereocenters. The number of hydrogen-bond acceptors (Lipinski definition) is 1. The molecule has 0 aromatic heterocycles. The fourth-order valence-corrected chi connectivity index (χ4v) is 0.992. The van der Waals surface area contributed by atoms with E-state index in [2.05, 4.69) is 51.6 Å². The van der Waals surface area contributed by atoms with Gasteiger partial charge in [-0.2, -0.15) is 0 Å². The zero-order valence-electron chi connectivity index (χ0n) is 8.73. The van der Waals surface area contributed by atoms with Crippen LogP contribution in [-0.4, -0.2) is 20.8 Å². The number of nitrogens with zero attached hydrogens (tertiary/aromatic N) is 1. The van der Waals surface area contributed by atoms with Gasteiger partial charge < -0.3 is 0 Å². The summed E-state index contributed by atoms with van der Waals surface area (Å²) >= 11 is 0. The van der Waals surface area contributed by atoms with E-state index in [1.807, 2.05) is 0 Å². The molecule has 0 rings (SSSR count). The molecule has 0 radical (unpaired) electrons. The molecule has 0 atom stereocenters. The molecule has 1 nitrogen and oxygen atoms in total. The average molecular weight is 171 g/mol. The summed E-state index contributed by atoms with van der Waals surface area (Å²) < 4.78 is 0. The van der Waals surface area contributed by atoms with E-state index in [1.165, 1.54) is 0 Å². The van der Waals surface area contributed by atoms with Crippen LogP contribution < -0.4 is 0 Å². The molecule has 0 aromatic rings. The standard InChI is InChI=1S/C9H21NSi/c1-7-10-8-9(2,3)11(4,5)6/h8H,7H2,1-6H3. The molecule has 0 N–H and O–H groups in total. The summed E-state index contributed by atoms with van der Waals surface area (Å²) in [5.41, 5.74) is 0. The van der Waals surface area contributed by atoms with Crippen LogP contribution in [0.25, 0.3) is 0 Å². The Kier molecular flexibility index (Phi) is 3.49. The lowest BCUT2D eigenvalue weighted by atomic mass is 10.2. The van der Waals surface area contributed by atoms with E-state index < -0.39 is 8.07 Å². The lowest BCUT2D eigenvalue weighted by Crippen LogP contribution is -2.36. The van der Waals surface area contributed by atoms with Crippen molar-refractivity contribution in [3.05, 3.63) is 0 Å². The number of rotatable bonds is 3. The summed E-state index contributed by atoms with van der Waals surface area (Å²) in [6.45, 7) is 14.7. The second-order valence-corrected chi connectivity index (χ2v) is 10.4. The van der Waals surface area contributed by atoms with E-state index in [4.69, 9.17) is 0 Å². The highest BCUT2D eigenvalue weighted by Crippen LogP contribution is 2.34. The highest BCUT2D eigenvalue weighted by Gasteiger charge is 2.32. The minimum Gasteiger partial charge on any atom is -0.298 e. The first-order chi connectivity index (χ1) is 4.81. The first-order valence-electron chi connectivity index (χ1n) is 4.32. The van der Waals surface area contributed by atoms with Gasteiger partial charge in [0, 0.05) is 12.8 Å². The van der Waals surface area contributed by atoms with E-state index in [0.717, 1.165) is 6.54 Å². The molecule has 0 amide bonds. The molecule has 0 spiro atoms. The van der Waals surface area contributed by atoms with Gasteiger partial charge in [-0.25, -0.2) is 0 Å². The van der Waals surface area contributed by atoms with Crippen LogP contribution in [-0.2, 0) is 0 Å². The summed E-state index contributed by atoms with van der Waals surface area (Å²) in [7, 11) is -1.07. The van der Waals surface area contributed by atoms with Gasteiger partial charge >= 0.3 is 0 Å². The van der Waals surface area contributed by atoms with Crippen molar-refractivity contribution in [2.75, 3.05) is 6.54 Å². The van der Waals surface area contributed by atoms with Crippen LogP contribution in [0.1, 0.15) is 20.8 Å². The second kappa shape index (κ2) is 3.52. The van der Waals surface area contributed by atoms with Crippen molar-refractivity contribution in [3.63, 3.8) is 0 Å². The lowest BCUT2D eigenvalue weighted by molar-refractivity contribution is 0.872. The normalized spacial score (nSPS) is 14.4. The van der Waals surface area contributed by atoms with Crippen LogP contribution in [0.4, 0.5) is 0 Å². The molecule has 2 heteroatoms. The highest BCUT2D eigenvalue weighted by molar-refractivity contribution is 6.81. The van der Waals surface area contributed by atoms with Crippen LogP contribution >= 0.6 is 0 Å². The molecule has 0 heterocycles. The Morgan fingerprint density at radius 3 is 2.00 bits per heavy atom. The van der Waals surface area contributed by atoms with Crippen molar-refractivity contribution in [1.29, 1.82) is 0 Å². The predicted molar refractivity (Wildman–Crippen MR) is 56.4 cm³/mol. The third kappa shape index (κ3) is 3.19. The van der Waals surface area contributed by atoms with Gasteiger partial charge in [-0.1, -0.05) is 33.5 Å². The molecule has 0 bridgehead atoms. The van der Waals surface area contributed by atoms with E-state index in [9.17, 15) is 0 Å². The molecule has 11 heavy (non-hydrogen) atoms. The first kappa shape index (κ1) is 10.9. The Balaban J connectivity index is 4.34. The van der Waals surface area contributed by atoms with E-state index >= 15 is 0 Å². The first-order valence-corrected chi connectivity index (χ1v) is 7.82. The largest absolute Gasteiger partial charge is 0.298 e. The maximum absolute atomic E-state index is 4.32. The monoisotopic (exact) mass is 171 g/mol. The Morgan fingerprint density at radius 1 is 1.27 bits per heavy atom. The molecule has 0 aromatic carbocycles. The molecule has 0 aliphatic heterocycles. The molecule has 0 saturated carbocycles. The fourth-order valence-electron chi connectivity index (χ4n) is 0.513. The van der Waals surface area contributed by atoms with Crippen molar-refractivity contribution < 1.29 is 0 Å². The number of aliphatic imine (C=N–C) groups is 1. The van der Waals surface area contributed by atoms with Crippen LogP contribution in [0.3, 0.4) is 0 Å². The molecule has 0 aliphatic rings. The number of hydrogen-bond donors (Lipinski definition) is 0. The van der Waals surface area contributed by atoms with Crippen molar-refractivity contribution >= 4 is 14.3 Å². The summed E-state index contributed by atoms with van der Waals surface area (Å²) in [6.07, 6.45) is 2.14. The van der Waals surface area contributed by atoms with Gasteiger partial charge in [-0.05, 0) is 12.0 Å². The Bertz CT molecular complexity index is 142. The van der Waals surface area contributed by atoms with Gasteiger partial charge in [0.25, 0.3) is 0 Å². The van der Waals surface area contributed by atoms with Crippen molar-refractivity contribution in [2.45, 2.75) is 45.5 Å². The molecule has 66 valence electrons. The van der Waals surface area contributed by atoms with E-state index in [0.29, 0.717) is 5.04 Å². The van der Waals surface area contributed by atoms with Gasteiger partial charge in [0.2, 0.25) is 0 Å². The Hall–Kier alpha value is -0.113. The van der Waals surface area contributed by atoms with Crippen LogP contribution in [0.5, 0.6) is 0 Å². The Labute approximate surface area is 71.9 Å². The third-order valence-electron chi connectivity index (χ3n) is 2.53. The smallest absolute Gasteiger partial charge is 0.0561 e. The quantitative estimate of drug-likeness (QED) is 0.457. The van der Waals surface area contributed by atoms with Crippen LogP contribution in [0.15, 0.2) is 4.99 Å². The topological polar surface area (TPSA) is 12.4 Å². The minimum atomic E-state index is -1.07. The minimum absolute atomic E-state index is 0.336. The van der Waals surface area contributed by atoms with Gasteiger partial charge in [0.1, 0.15) is 0 Å². The van der Waals surface area contributed by atoms with Crippen LogP contribution in [0.2, 0.25) is 24.7 Å². The average Bonchev–Trinajstić information content (AvgIpc) is 1.81. The van der Waals surface area contributed by atoms with Crippen molar-refractivity contribution in [3.8, 4) is 0 Å². The SMILES string of the molecule is CCN=CC(C)(C)[Si](C)(C)C. The predicted octanol–water partition coefficient (Wildman–Crippen LogP) is 3.20. The molecule has 0 fully saturated rings. The molecule has 0 saturated heterocycles. The molecular weight excluding hydrogens is 150 g/mol. The fraction of sp³-hybridized carbons (Fsp3) is 0.889. The Morgan fingerprint density at radius 2 is 1.73 bits per heavy atom. The van der Waals surface area contributed by atoms with E-state index in [1.54, 1.807) is 0 Å². The third-order valence-corrected chi connectivity index (χ3v) is 6.52. The summed E-state index contributed by atoms with van der Waals surface area (Å²) in [5, 5.41) is 0.336. The van der Waals surface area contributed by atoms with Gasteiger partial charge in [-0.3, -0.25) is 4.99 Å². The van der Waals surface area contributed by atoms with Gasteiger partial charge in [-0.15, -0.1) is 0 Å². The zero-order valence-corrected chi connectivity index (χ0v) is 9.73. The van der Waals surface area contributed by atoms with Crippen molar-refractivity contribution in [2.24, 2.45) is 4.99 Å². The maximum atomic E-state index is 4.32. The summed E-state index contributed by atoms with van der Waals surface area (Å²) in [5.74, 6) is 0. The van der Waals surface area contributed by atoms with Gasteiger partial charge in [0.15, 0.2) is 0 Å². The van der Waals surface area contributed by atoms with Gasteiger partial charge in [0.05, 0.1) is 8.07 Å². The van der Waals surface area contributed by atoms with E-state index in [-0.39, 0.29) is 0 Å². The second-order valence-electron chi connectivity index (χ2n) is 4.60. The van der Waals surface area contributed by atoms with Crippen molar-refractivity contribution in [1.82, 2.24) is 0 Å². The van der Waals surface area contributed by atoms with Crippen LogP contribution in [0, 0.1) is 0 Å². The molecular formula is C9H21NSi. The summed E-state index contributed by atoms with van der Waals surface area (Å²) in [4.78, 5) is 4.32. The maximum Gasteiger partial charge on any atom is 0.0561 e. The highest BCUT2D eigenvalue weighted by atomic mass is 28.3. The lowest BCUT2D eigenvalue weighted by Gasteiger charge is -2.33.